The highest BCUT2D eigenvalue weighted by Crippen LogP contribution is 2.11. The van der Waals surface area contributed by atoms with Crippen molar-refractivity contribution in [2.24, 2.45) is 5.92 Å². The highest BCUT2D eigenvalue weighted by Gasteiger charge is 2.07. The highest BCUT2D eigenvalue weighted by molar-refractivity contribution is 5.76. The molecule has 19 heavy (non-hydrogen) atoms. The molecule has 0 saturated heterocycles. The number of nitrogens with one attached hydrogen (secondary N) is 2. The van der Waals surface area contributed by atoms with Gasteiger partial charge in [-0.25, -0.2) is 4.39 Å². The van der Waals surface area contributed by atoms with Crippen molar-refractivity contribution < 1.29 is 9.18 Å². The molecule has 1 aromatic rings. The van der Waals surface area contributed by atoms with Gasteiger partial charge in [0.25, 0.3) is 0 Å². The van der Waals surface area contributed by atoms with Crippen LogP contribution in [-0.4, -0.2) is 24.0 Å². The van der Waals surface area contributed by atoms with E-state index in [0.717, 1.165) is 5.56 Å². The number of carbonyl (C=O) groups is 1. The van der Waals surface area contributed by atoms with Crippen LogP contribution in [0.3, 0.4) is 0 Å². The maximum absolute atomic E-state index is 13.0. The number of carbonyl (C=O) groups excluding carboxylic acids is 1. The standard InChI is InChI=1S/C14H22FN3O/c1-10(2)7-18-14(19)4-5-17-11(3)12-6-13(15)9-16-8-12/h6,8-11,17H,4-5,7H2,1-3H3,(H,18,19). The van der Waals surface area contributed by atoms with E-state index in [1.165, 1.54) is 12.3 Å². The number of hydrogen-bond donors (Lipinski definition) is 2. The van der Waals surface area contributed by atoms with Crippen LogP contribution in [0.1, 0.15) is 38.8 Å². The Bertz CT molecular complexity index is 409. The molecule has 1 aromatic heterocycles. The summed E-state index contributed by atoms with van der Waals surface area (Å²) < 4.78 is 13.0. The van der Waals surface area contributed by atoms with E-state index in [4.69, 9.17) is 0 Å². The molecular formula is C14H22FN3O. The maximum atomic E-state index is 13.0. The molecule has 1 unspecified atom stereocenters. The summed E-state index contributed by atoms with van der Waals surface area (Å²) in [7, 11) is 0. The van der Waals surface area contributed by atoms with Gasteiger partial charge >= 0.3 is 0 Å². The average molecular weight is 267 g/mol. The molecule has 0 bridgehead atoms. The number of aromatic nitrogens is 1. The minimum Gasteiger partial charge on any atom is -0.356 e. The lowest BCUT2D eigenvalue weighted by molar-refractivity contribution is -0.121. The largest absolute Gasteiger partial charge is 0.356 e. The first-order chi connectivity index (χ1) is 8.99. The van der Waals surface area contributed by atoms with Crippen molar-refractivity contribution in [2.45, 2.75) is 33.2 Å². The first-order valence-corrected chi connectivity index (χ1v) is 6.59. The summed E-state index contributed by atoms with van der Waals surface area (Å²) in [6.07, 6.45) is 3.22. The second-order valence-corrected chi connectivity index (χ2v) is 5.06. The van der Waals surface area contributed by atoms with Gasteiger partial charge in [0.2, 0.25) is 5.91 Å². The molecule has 0 saturated carbocycles. The molecule has 4 nitrogen and oxygen atoms in total. The van der Waals surface area contributed by atoms with Crippen molar-refractivity contribution in [1.29, 1.82) is 0 Å². The summed E-state index contributed by atoms with van der Waals surface area (Å²) in [6.45, 7) is 7.28. The number of nitrogens with zero attached hydrogens (tertiary/aromatic N) is 1. The second-order valence-electron chi connectivity index (χ2n) is 5.06. The molecule has 1 atom stereocenters. The molecule has 1 heterocycles. The van der Waals surface area contributed by atoms with E-state index in [2.05, 4.69) is 29.5 Å². The normalized spacial score (nSPS) is 12.5. The molecule has 0 aliphatic heterocycles. The lowest BCUT2D eigenvalue weighted by atomic mass is 10.1. The first-order valence-electron chi connectivity index (χ1n) is 6.59. The number of rotatable bonds is 7. The van der Waals surface area contributed by atoms with Gasteiger partial charge in [-0.05, 0) is 24.5 Å². The quantitative estimate of drug-likeness (QED) is 0.795. The molecule has 106 valence electrons. The Morgan fingerprint density at radius 2 is 2.11 bits per heavy atom. The number of amides is 1. The zero-order valence-corrected chi connectivity index (χ0v) is 11.7. The third-order valence-corrected chi connectivity index (χ3v) is 2.74. The Morgan fingerprint density at radius 3 is 2.74 bits per heavy atom. The fraction of sp³-hybridized carbons (Fsp3) is 0.571. The van der Waals surface area contributed by atoms with Crippen LogP contribution in [0.25, 0.3) is 0 Å². The zero-order valence-electron chi connectivity index (χ0n) is 11.7. The molecule has 0 aliphatic rings. The second kappa shape index (κ2) is 7.84. The SMILES string of the molecule is CC(C)CNC(=O)CCNC(C)c1cncc(F)c1. The van der Waals surface area contributed by atoms with Crippen molar-refractivity contribution >= 4 is 5.91 Å². The maximum Gasteiger partial charge on any atom is 0.221 e. The molecular weight excluding hydrogens is 245 g/mol. The van der Waals surface area contributed by atoms with Crippen LogP contribution < -0.4 is 10.6 Å². The predicted octanol–water partition coefficient (Wildman–Crippen LogP) is 2.03. The van der Waals surface area contributed by atoms with E-state index in [1.54, 1.807) is 6.20 Å². The number of hydrogen-bond acceptors (Lipinski definition) is 3. The third-order valence-electron chi connectivity index (χ3n) is 2.74. The van der Waals surface area contributed by atoms with Crippen LogP contribution in [0.4, 0.5) is 4.39 Å². The molecule has 0 radical (unpaired) electrons. The molecule has 0 spiro atoms. The summed E-state index contributed by atoms with van der Waals surface area (Å²) in [4.78, 5) is 15.3. The minimum absolute atomic E-state index is 0.0268. The van der Waals surface area contributed by atoms with Crippen LogP contribution in [0.2, 0.25) is 0 Å². The van der Waals surface area contributed by atoms with Crippen LogP contribution in [0, 0.1) is 11.7 Å². The van der Waals surface area contributed by atoms with Crippen molar-refractivity contribution in [3.05, 3.63) is 29.8 Å². The van der Waals surface area contributed by atoms with Gasteiger partial charge in [-0.1, -0.05) is 13.8 Å². The number of pyridine rings is 1. The predicted molar refractivity (Wildman–Crippen MR) is 73.1 cm³/mol. The topological polar surface area (TPSA) is 54.0 Å². The Morgan fingerprint density at radius 1 is 1.37 bits per heavy atom. The first kappa shape index (κ1) is 15.6. The van der Waals surface area contributed by atoms with E-state index in [-0.39, 0.29) is 17.8 Å². The van der Waals surface area contributed by atoms with Crippen molar-refractivity contribution in [2.75, 3.05) is 13.1 Å². The summed E-state index contributed by atoms with van der Waals surface area (Å²) in [5.74, 6) is 0.140. The van der Waals surface area contributed by atoms with Crippen LogP contribution in [-0.2, 0) is 4.79 Å². The molecule has 1 rings (SSSR count). The van der Waals surface area contributed by atoms with E-state index >= 15 is 0 Å². The Kier molecular flexibility index (Phi) is 6.42. The summed E-state index contributed by atoms with van der Waals surface area (Å²) in [6, 6.07) is 1.42. The summed E-state index contributed by atoms with van der Waals surface area (Å²) >= 11 is 0. The molecule has 0 fully saturated rings. The summed E-state index contributed by atoms with van der Waals surface area (Å²) in [5.41, 5.74) is 0.780. The van der Waals surface area contributed by atoms with Crippen LogP contribution >= 0.6 is 0 Å². The Labute approximate surface area is 113 Å². The third kappa shape index (κ3) is 6.29. The van der Waals surface area contributed by atoms with E-state index in [9.17, 15) is 9.18 Å². The Hall–Kier alpha value is -1.49. The van der Waals surface area contributed by atoms with Crippen molar-refractivity contribution in [3.8, 4) is 0 Å². The van der Waals surface area contributed by atoms with Crippen LogP contribution in [0.5, 0.6) is 0 Å². The molecule has 0 aromatic carbocycles. The van der Waals surface area contributed by atoms with Gasteiger partial charge in [0, 0.05) is 31.7 Å². The molecule has 5 heteroatoms. The van der Waals surface area contributed by atoms with Crippen molar-refractivity contribution in [3.63, 3.8) is 0 Å². The smallest absolute Gasteiger partial charge is 0.221 e. The summed E-state index contributed by atoms with van der Waals surface area (Å²) in [5, 5.41) is 6.03. The monoisotopic (exact) mass is 267 g/mol. The van der Waals surface area contributed by atoms with Gasteiger partial charge in [0.05, 0.1) is 6.20 Å². The van der Waals surface area contributed by atoms with Gasteiger partial charge in [-0.2, -0.15) is 0 Å². The van der Waals surface area contributed by atoms with Gasteiger partial charge in [0.1, 0.15) is 5.82 Å². The van der Waals surface area contributed by atoms with Gasteiger partial charge in [-0.3, -0.25) is 9.78 Å². The van der Waals surface area contributed by atoms with E-state index < -0.39 is 0 Å². The lowest BCUT2D eigenvalue weighted by Gasteiger charge is -2.14. The van der Waals surface area contributed by atoms with Gasteiger partial charge in [0.15, 0.2) is 0 Å². The van der Waals surface area contributed by atoms with E-state index in [0.29, 0.717) is 25.4 Å². The number of halogens is 1. The van der Waals surface area contributed by atoms with Gasteiger partial charge in [-0.15, -0.1) is 0 Å². The average Bonchev–Trinajstić information content (AvgIpc) is 2.36. The molecule has 1 amide bonds. The molecule has 0 aliphatic carbocycles. The highest BCUT2D eigenvalue weighted by atomic mass is 19.1. The molecule has 2 N–H and O–H groups in total. The minimum atomic E-state index is -0.346. The van der Waals surface area contributed by atoms with Gasteiger partial charge < -0.3 is 10.6 Å². The fourth-order valence-electron chi connectivity index (χ4n) is 1.59. The fourth-order valence-corrected chi connectivity index (χ4v) is 1.59. The van der Waals surface area contributed by atoms with Crippen LogP contribution in [0.15, 0.2) is 18.5 Å². The van der Waals surface area contributed by atoms with E-state index in [1.807, 2.05) is 6.92 Å². The Balaban J connectivity index is 2.27. The zero-order chi connectivity index (χ0) is 14.3. The lowest BCUT2D eigenvalue weighted by Crippen LogP contribution is -2.31. The van der Waals surface area contributed by atoms with Crippen molar-refractivity contribution in [1.82, 2.24) is 15.6 Å².